The molecule has 0 unspecified atom stereocenters. The highest BCUT2D eigenvalue weighted by molar-refractivity contribution is 6.01. The van der Waals surface area contributed by atoms with E-state index < -0.39 is 0 Å². The number of imide groups is 1. The SMILES string of the molecule is Nc1nccn1CCN1C(=O)CNC1=O. The van der Waals surface area contributed by atoms with Crippen molar-refractivity contribution in [2.75, 3.05) is 18.8 Å². The number of hydrogen-bond donors (Lipinski definition) is 2. The van der Waals surface area contributed by atoms with Crippen molar-refractivity contribution in [1.29, 1.82) is 0 Å². The zero-order chi connectivity index (χ0) is 10.8. The summed E-state index contributed by atoms with van der Waals surface area (Å²) in [6.07, 6.45) is 3.27. The molecule has 1 saturated heterocycles. The van der Waals surface area contributed by atoms with Crippen LogP contribution in [0.2, 0.25) is 0 Å². The lowest BCUT2D eigenvalue weighted by Gasteiger charge is -2.12. The van der Waals surface area contributed by atoms with Gasteiger partial charge in [0.1, 0.15) is 0 Å². The predicted octanol–water partition coefficient (Wildman–Crippen LogP) is -0.983. The van der Waals surface area contributed by atoms with Gasteiger partial charge in [0.2, 0.25) is 5.91 Å². The molecule has 7 heteroatoms. The first-order chi connectivity index (χ1) is 7.18. The molecule has 1 aliphatic heterocycles. The van der Waals surface area contributed by atoms with Crippen molar-refractivity contribution in [3.05, 3.63) is 12.4 Å². The predicted molar refractivity (Wildman–Crippen MR) is 51.8 cm³/mol. The molecule has 2 heterocycles. The summed E-state index contributed by atoms with van der Waals surface area (Å²) in [6, 6.07) is -0.348. The maximum Gasteiger partial charge on any atom is 0.324 e. The van der Waals surface area contributed by atoms with E-state index in [1.165, 1.54) is 4.90 Å². The lowest BCUT2D eigenvalue weighted by atomic mass is 10.5. The summed E-state index contributed by atoms with van der Waals surface area (Å²) in [7, 11) is 0. The van der Waals surface area contributed by atoms with Gasteiger partial charge in [0.25, 0.3) is 0 Å². The minimum atomic E-state index is -0.348. The summed E-state index contributed by atoms with van der Waals surface area (Å²) in [6.45, 7) is 0.856. The normalized spacial score (nSPS) is 15.9. The van der Waals surface area contributed by atoms with Crippen LogP contribution in [0.15, 0.2) is 12.4 Å². The van der Waals surface area contributed by atoms with Gasteiger partial charge in [0, 0.05) is 25.5 Å². The van der Waals surface area contributed by atoms with E-state index in [1.807, 2.05) is 0 Å². The van der Waals surface area contributed by atoms with Crippen molar-refractivity contribution in [3.8, 4) is 0 Å². The number of urea groups is 1. The van der Waals surface area contributed by atoms with Gasteiger partial charge in [0.15, 0.2) is 5.95 Å². The quantitative estimate of drug-likeness (QED) is 0.625. The minimum Gasteiger partial charge on any atom is -0.369 e. The Labute approximate surface area is 85.9 Å². The van der Waals surface area contributed by atoms with Crippen LogP contribution in [0.3, 0.4) is 0 Å². The molecule has 0 saturated carbocycles. The molecule has 1 aliphatic rings. The van der Waals surface area contributed by atoms with Crippen LogP contribution >= 0.6 is 0 Å². The van der Waals surface area contributed by atoms with E-state index in [4.69, 9.17) is 5.73 Å². The third kappa shape index (κ3) is 1.76. The van der Waals surface area contributed by atoms with E-state index in [-0.39, 0.29) is 18.5 Å². The van der Waals surface area contributed by atoms with E-state index in [2.05, 4.69) is 10.3 Å². The number of anilines is 1. The molecule has 0 bridgehead atoms. The zero-order valence-electron chi connectivity index (χ0n) is 8.01. The highest BCUT2D eigenvalue weighted by Crippen LogP contribution is 2.02. The number of nitrogens with two attached hydrogens (primary N) is 1. The summed E-state index contributed by atoms with van der Waals surface area (Å²) in [5.41, 5.74) is 5.54. The van der Waals surface area contributed by atoms with Crippen molar-refractivity contribution < 1.29 is 9.59 Å². The van der Waals surface area contributed by atoms with Crippen LogP contribution in [0.4, 0.5) is 10.7 Å². The molecule has 0 aliphatic carbocycles. The molecule has 15 heavy (non-hydrogen) atoms. The van der Waals surface area contributed by atoms with Crippen LogP contribution in [0, 0.1) is 0 Å². The molecule has 1 fully saturated rings. The lowest BCUT2D eigenvalue weighted by Crippen LogP contribution is -2.33. The smallest absolute Gasteiger partial charge is 0.324 e. The second-order valence-corrected chi connectivity index (χ2v) is 3.18. The van der Waals surface area contributed by atoms with Crippen molar-refractivity contribution >= 4 is 17.9 Å². The minimum absolute atomic E-state index is 0.0816. The summed E-state index contributed by atoms with van der Waals surface area (Å²) in [5.74, 6) is 0.167. The lowest BCUT2D eigenvalue weighted by molar-refractivity contribution is -0.125. The molecule has 3 N–H and O–H groups in total. The zero-order valence-corrected chi connectivity index (χ0v) is 8.01. The van der Waals surface area contributed by atoms with Gasteiger partial charge in [-0.3, -0.25) is 9.69 Å². The molecule has 80 valence electrons. The number of carbonyl (C=O) groups is 2. The van der Waals surface area contributed by atoms with Crippen molar-refractivity contribution in [1.82, 2.24) is 19.8 Å². The van der Waals surface area contributed by atoms with Crippen molar-refractivity contribution in [3.63, 3.8) is 0 Å². The second-order valence-electron chi connectivity index (χ2n) is 3.18. The number of aromatic nitrogens is 2. The fraction of sp³-hybridized carbons (Fsp3) is 0.375. The molecular weight excluding hydrogens is 198 g/mol. The third-order valence-electron chi connectivity index (χ3n) is 2.25. The Kier molecular flexibility index (Phi) is 2.28. The van der Waals surface area contributed by atoms with Gasteiger partial charge in [-0.05, 0) is 0 Å². The van der Waals surface area contributed by atoms with Gasteiger partial charge >= 0.3 is 6.03 Å². The Morgan fingerprint density at radius 1 is 1.47 bits per heavy atom. The molecule has 1 aromatic rings. The van der Waals surface area contributed by atoms with Gasteiger partial charge in [-0.2, -0.15) is 0 Å². The second kappa shape index (κ2) is 3.60. The summed E-state index contributed by atoms with van der Waals surface area (Å²) in [5, 5.41) is 2.45. The number of nitrogens with zero attached hydrogens (tertiary/aromatic N) is 3. The summed E-state index contributed by atoms with van der Waals surface area (Å²) < 4.78 is 1.68. The Balaban J connectivity index is 1.96. The molecule has 7 nitrogen and oxygen atoms in total. The van der Waals surface area contributed by atoms with Crippen molar-refractivity contribution in [2.45, 2.75) is 6.54 Å². The molecular formula is C8H11N5O2. The average molecular weight is 209 g/mol. The van der Waals surface area contributed by atoms with E-state index in [0.29, 0.717) is 19.0 Å². The number of rotatable bonds is 3. The van der Waals surface area contributed by atoms with Gasteiger partial charge in [-0.25, -0.2) is 9.78 Å². The Bertz CT molecular complexity index is 383. The third-order valence-corrected chi connectivity index (χ3v) is 2.25. The molecule has 0 atom stereocenters. The number of amides is 3. The number of nitrogen functional groups attached to an aromatic ring is 1. The Morgan fingerprint density at radius 3 is 2.80 bits per heavy atom. The maximum atomic E-state index is 11.2. The summed E-state index contributed by atoms with van der Waals surface area (Å²) >= 11 is 0. The number of hydrogen-bond acceptors (Lipinski definition) is 4. The average Bonchev–Trinajstić information content (AvgIpc) is 2.73. The Hall–Kier alpha value is -2.05. The fourth-order valence-electron chi connectivity index (χ4n) is 1.42. The number of imidazole rings is 1. The number of nitrogens with one attached hydrogen (secondary N) is 1. The van der Waals surface area contributed by atoms with Gasteiger partial charge in [-0.1, -0.05) is 0 Å². The molecule has 0 radical (unpaired) electrons. The van der Waals surface area contributed by atoms with Gasteiger partial charge in [-0.15, -0.1) is 0 Å². The molecule has 0 aromatic carbocycles. The van der Waals surface area contributed by atoms with Crippen LogP contribution in [0.5, 0.6) is 0 Å². The van der Waals surface area contributed by atoms with Crippen molar-refractivity contribution in [2.24, 2.45) is 0 Å². The maximum absolute atomic E-state index is 11.2. The van der Waals surface area contributed by atoms with E-state index in [1.54, 1.807) is 17.0 Å². The van der Waals surface area contributed by atoms with E-state index >= 15 is 0 Å². The van der Waals surface area contributed by atoms with Crippen LogP contribution in [0.25, 0.3) is 0 Å². The van der Waals surface area contributed by atoms with E-state index in [0.717, 1.165) is 0 Å². The van der Waals surface area contributed by atoms with Crippen LogP contribution in [-0.2, 0) is 11.3 Å². The van der Waals surface area contributed by atoms with Crippen LogP contribution < -0.4 is 11.1 Å². The van der Waals surface area contributed by atoms with Gasteiger partial charge < -0.3 is 15.6 Å². The van der Waals surface area contributed by atoms with Crippen LogP contribution in [0.1, 0.15) is 0 Å². The Morgan fingerprint density at radius 2 is 2.27 bits per heavy atom. The van der Waals surface area contributed by atoms with E-state index in [9.17, 15) is 9.59 Å². The topological polar surface area (TPSA) is 93.2 Å². The first kappa shape index (κ1) is 9.50. The van der Waals surface area contributed by atoms with Crippen LogP contribution in [-0.4, -0.2) is 39.5 Å². The molecule has 3 amide bonds. The molecule has 0 spiro atoms. The monoisotopic (exact) mass is 209 g/mol. The standard InChI is InChI=1S/C8H11N5O2/c9-7-10-1-2-12(7)3-4-13-6(14)5-11-8(13)15/h1-2H,3-5H2,(H2,9,10)(H,11,15). The fourth-order valence-corrected chi connectivity index (χ4v) is 1.42. The molecule has 2 rings (SSSR count). The van der Waals surface area contributed by atoms with Gasteiger partial charge in [0.05, 0.1) is 6.54 Å². The summed E-state index contributed by atoms with van der Waals surface area (Å²) in [4.78, 5) is 27.4. The number of carbonyl (C=O) groups excluding carboxylic acids is 2. The first-order valence-corrected chi connectivity index (χ1v) is 4.53. The first-order valence-electron chi connectivity index (χ1n) is 4.53. The highest BCUT2D eigenvalue weighted by atomic mass is 16.2. The highest BCUT2D eigenvalue weighted by Gasteiger charge is 2.27. The largest absolute Gasteiger partial charge is 0.369 e. The molecule has 1 aromatic heterocycles.